The zero-order chi connectivity index (χ0) is 16.9. The van der Waals surface area contributed by atoms with E-state index >= 15 is 0 Å². The molecule has 0 unspecified atom stereocenters. The summed E-state index contributed by atoms with van der Waals surface area (Å²) in [5.41, 5.74) is 4.51. The minimum Gasteiger partial charge on any atom is -0.365 e. The van der Waals surface area contributed by atoms with Crippen LogP contribution in [0, 0.1) is 0 Å². The van der Waals surface area contributed by atoms with Crippen LogP contribution in [-0.4, -0.2) is 17.9 Å². The van der Waals surface area contributed by atoms with Crippen molar-refractivity contribution in [2.75, 3.05) is 17.7 Å². The molecule has 0 saturated heterocycles. The number of hydrogen-bond donors (Lipinski definition) is 2. The largest absolute Gasteiger partial charge is 0.365 e. The van der Waals surface area contributed by atoms with Crippen LogP contribution in [0.5, 0.6) is 0 Å². The third-order valence-electron chi connectivity index (χ3n) is 3.76. The predicted molar refractivity (Wildman–Crippen MR) is 101 cm³/mol. The average molecular weight is 337 g/mol. The lowest BCUT2D eigenvalue weighted by Gasteiger charge is -2.07. The van der Waals surface area contributed by atoms with Gasteiger partial charge in [0, 0.05) is 29.2 Å². The molecule has 0 radical (unpaired) electrons. The fourth-order valence-corrected chi connectivity index (χ4v) is 3.05. The Morgan fingerprint density at radius 3 is 2.62 bits per heavy atom. The Labute approximate surface area is 145 Å². The zero-order valence-corrected chi connectivity index (χ0v) is 14.5. The summed E-state index contributed by atoms with van der Waals surface area (Å²) in [5, 5.41) is 8.85. The monoisotopic (exact) mass is 337 g/mol. The molecule has 1 aromatic heterocycles. The number of hydrogen-bond acceptors (Lipinski definition) is 4. The van der Waals surface area contributed by atoms with E-state index in [0.29, 0.717) is 5.56 Å². The maximum absolute atomic E-state index is 12.4. The molecule has 1 heterocycles. The molecule has 2 N–H and O–H groups in total. The van der Waals surface area contributed by atoms with Gasteiger partial charge in [0.15, 0.2) is 5.13 Å². The second kappa shape index (κ2) is 7.27. The third kappa shape index (κ3) is 3.63. The highest BCUT2D eigenvalue weighted by Crippen LogP contribution is 2.26. The number of benzene rings is 2. The van der Waals surface area contributed by atoms with Crippen LogP contribution in [-0.2, 0) is 6.42 Å². The van der Waals surface area contributed by atoms with Gasteiger partial charge in [-0.2, -0.15) is 0 Å². The smallest absolute Gasteiger partial charge is 0.255 e. The van der Waals surface area contributed by atoms with E-state index in [-0.39, 0.29) is 5.91 Å². The van der Waals surface area contributed by atoms with Gasteiger partial charge in [0.25, 0.3) is 5.91 Å². The molecule has 0 saturated carbocycles. The molecule has 2 aromatic carbocycles. The van der Waals surface area contributed by atoms with Crippen molar-refractivity contribution >= 4 is 28.1 Å². The first-order valence-electron chi connectivity index (χ1n) is 7.83. The van der Waals surface area contributed by atoms with Crippen LogP contribution in [0.4, 0.5) is 10.8 Å². The van der Waals surface area contributed by atoms with Gasteiger partial charge in [0.05, 0.1) is 5.69 Å². The summed E-state index contributed by atoms with van der Waals surface area (Å²) < 4.78 is 0. The van der Waals surface area contributed by atoms with E-state index in [0.717, 1.165) is 28.5 Å². The fraction of sp³-hybridized carbons (Fsp3) is 0.158. The van der Waals surface area contributed by atoms with Gasteiger partial charge < -0.3 is 10.6 Å². The first-order chi connectivity index (χ1) is 11.7. The summed E-state index contributed by atoms with van der Waals surface area (Å²) in [7, 11) is 1.85. The van der Waals surface area contributed by atoms with Gasteiger partial charge in [-0.1, -0.05) is 31.2 Å². The quantitative estimate of drug-likeness (QED) is 0.711. The first-order valence-corrected chi connectivity index (χ1v) is 8.71. The number of carbonyl (C=O) groups excluding carboxylic acids is 1. The van der Waals surface area contributed by atoms with Gasteiger partial charge in [-0.05, 0) is 36.2 Å². The number of rotatable bonds is 5. The first kappa shape index (κ1) is 16.2. The SMILES string of the molecule is CCc1ccc(C(=O)Nc2cccc(-c3csc(NC)n3)c2)cc1. The fourth-order valence-electron chi connectivity index (χ4n) is 2.37. The molecule has 0 spiro atoms. The molecule has 122 valence electrons. The van der Waals surface area contributed by atoms with Crippen molar-refractivity contribution in [2.45, 2.75) is 13.3 Å². The molecule has 0 bridgehead atoms. The molecular weight excluding hydrogens is 318 g/mol. The van der Waals surface area contributed by atoms with E-state index in [2.05, 4.69) is 22.5 Å². The lowest BCUT2D eigenvalue weighted by atomic mass is 10.1. The number of carbonyl (C=O) groups is 1. The molecule has 1 amide bonds. The molecule has 5 heteroatoms. The Morgan fingerprint density at radius 2 is 1.96 bits per heavy atom. The van der Waals surface area contributed by atoms with Crippen LogP contribution < -0.4 is 10.6 Å². The van der Waals surface area contributed by atoms with Crippen LogP contribution in [0.25, 0.3) is 11.3 Å². The lowest BCUT2D eigenvalue weighted by Crippen LogP contribution is -2.11. The van der Waals surface area contributed by atoms with Crippen molar-refractivity contribution in [2.24, 2.45) is 0 Å². The van der Waals surface area contributed by atoms with Gasteiger partial charge in [-0.15, -0.1) is 11.3 Å². The summed E-state index contributed by atoms with van der Waals surface area (Å²) in [6, 6.07) is 15.4. The van der Waals surface area contributed by atoms with E-state index in [4.69, 9.17) is 0 Å². The molecule has 0 fully saturated rings. The van der Waals surface area contributed by atoms with Crippen molar-refractivity contribution in [3.8, 4) is 11.3 Å². The Bertz CT molecular complexity index is 840. The van der Waals surface area contributed by atoms with Crippen molar-refractivity contribution in [3.05, 3.63) is 65.0 Å². The summed E-state index contributed by atoms with van der Waals surface area (Å²) in [4.78, 5) is 16.9. The van der Waals surface area contributed by atoms with E-state index in [1.165, 1.54) is 5.56 Å². The highest BCUT2D eigenvalue weighted by molar-refractivity contribution is 7.14. The van der Waals surface area contributed by atoms with Gasteiger partial charge >= 0.3 is 0 Å². The van der Waals surface area contributed by atoms with Crippen LogP contribution in [0.3, 0.4) is 0 Å². The Balaban J connectivity index is 1.77. The van der Waals surface area contributed by atoms with Crippen molar-refractivity contribution in [1.82, 2.24) is 4.98 Å². The minimum absolute atomic E-state index is 0.107. The summed E-state index contributed by atoms with van der Waals surface area (Å²) >= 11 is 1.55. The molecule has 0 aliphatic carbocycles. The summed E-state index contributed by atoms with van der Waals surface area (Å²) in [5.74, 6) is -0.107. The number of amides is 1. The van der Waals surface area contributed by atoms with Crippen LogP contribution in [0.2, 0.25) is 0 Å². The number of nitrogens with zero attached hydrogens (tertiary/aromatic N) is 1. The molecule has 0 atom stereocenters. The Kier molecular flexibility index (Phi) is 4.91. The maximum Gasteiger partial charge on any atom is 0.255 e. The number of anilines is 2. The zero-order valence-electron chi connectivity index (χ0n) is 13.7. The predicted octanol–water partition coefficient (Wildman–Crippen LogP) is 4.67. The summed E-state index contributed by atoms with van der Waals surface area (Å²) in [6.45, 7) is 2.10. The van der Waals surface area contributed by atoms with Gasteiger partial charge in [-0.25, -0.2) is 4.98 Å². The number of thiazole rings is 1. The van der Waals surface area contributed by atoms with Crippen molar-refractivity contribution < 1.29 is 4.79 Å². The topological polar surface area (TPSA) is 54.0 Å². The normalized spacial score (nSPS) is 10.4. The molecular formula is C19H19N3OS. The van der Waals surface area contributed by atoms with Crippen LogP contribution in [0.1, 0.15) is 22.8 Å². The standard InChI is InChI=1S/C19H19N3OS/c1-3-13-7-9-14(10-8-13)18(23)21-16-6-4-5-15(11-16)17-12-24-19(20-2)22-17/h4-12H,3H2,1-2H3,(H,20,22)(H,21,23). The maximum atomic E-state index is 12.4. The molecule has 24 heavy (non-hydrogen) atoms. The van der Waals surface area contributed by atoms with Gasteiger partial charge in [0.1, 0.15) is 0 Å². The molecule has 3 rings (SSSR count). The second-order valence-electron chi connectivity index (χ2n) is 5.37. The van der Waals surface area contributed by atoms with Crippen LogP contribution >= 0.6 is 11.3 Å². The summed E-state index contributed by atoms with van der Waals surface area (Å²) in [6.07, 6.45) is 0.964. The average Bonchev–Trinajstić information content (AvgIpc) is 3.11. The third-order valence-corrected chi connectivity index (χ3v) is 4.62. The lowest BCUT2D eigenvalue weighted by molar-refractivity contribution is 0.102. The van der Waals surface area contributed by atoms with Crippen molar-refractivity contribution in [1.29, 1.82) is 0 Å². The highest BCUT2D eigenvalue weighted by atomic mass is 32.1. The minimum atomic E-state index is -0.107. The van der Waals surface area contributed by atoms with Crippen LogP contribution in [0.15, 0.2) is 53.9 Å². The van der Waals surface area contributed by atoms with E-state index in [1.54, 1.807) is 11.3 Å². The number of aromatic nitrogens is 1. The van der Waals surface area contributed by atoms with Gasteiger partial charge in [0.2, 0.25) is 0 Å². The highest BCUT2D eigenvalue weighted by Gasteiger charge is 2.08. The van der Waals surface area contributed by atoms with E-state index in [9.17, 15) is 4.79 Å². The number of nitrogens with one attached hydrogen (secondary N) is 2. The Morgan fingerprint density at radius 1 is 1.17 bits per heavy atom. The number of aryl methyl sites for hydroxylation is 1. The van der Waals surface area contributed by atoms with Crippen molar-refractivity contribution in [3.63, 3.8) is 0 Å². The van der Waals surface area contributed by atoms with E-state index in [1.807, 2.05) is 61.0 Å². The molecule has 0 aliphatic heterocycles. The van der Waals surface area contributed by atoms with E-state index < -0.39 is 0 Å². The molecule has 4 nitrogen and oxygen atoms in total. The second-order valence-corrected chi connectivity index (χ2v) is 6.23. The Hall–Kier alpha value is -2.66. The molecule has 3 aromatic rings. The van der Waals surface area contributed by atoms with Gasteiger partial charge in [-0.3, -0.25) is 4.79 Å². The molecule has 0 aliphatic rings.